The van der Waals surface area contributed by atoms with Crippen molar-refractivity contribution in [1.29, 1.82) is 0 Å². The van der Waals surface area contributed by atoms with Gasteiger partial charge < -0.3 is 9.88 Å². The third kappa shape index (κ3) is 4.95. The maximum Gasteiger partial charge on any atom is 0.292 e. The summed E-state index contributed by atoms with van der Waals surface area (Å²) >= 11 is 1.43. The number of carbonyl (C=O) groups excluding carboxylic acids is 1. The molecule has 0 saturated carbocycles. The van der Waals surface area contributed by atoms with E-state index in [4.69, 9.17) is 0 Å². The summed E-state index contributed by atoms with van der Waals surface area (Å²) in [5, 5.41) is 22.7. The summed E-state index contributed by atoms with van der Waals surface area (Å²) < 4.78 is 2.00. The first-order valence-corrected chi connectivity index (χ1v) is 9.63. The Bertz CT molecular complexity index is 975. The molecule has 1 amide bonds. The Balaban J connectivity index is 1.57. The molecule has 3 aromatic rings. The van der Waals surface area contributed by atoms with E-state index >= 15 is 0 Å². The Hall–Kier alpha value is -3.20. The molecule has 0 radical (unpaired) electrons. The number of para-hydroxylation sites is 2. The molecule has 0 unspecified atom stereocenters. The standard InChI is InChI=1S/C19H19N5O3S/c1-14-21-22-19(23(14)13-15-7-3-2-4-8-15)28-12-11-18(25)20-16-9-5-6-10-17(16)24(26)27/h2-10H,11-13H2,1H3,(H,20,25). The third-order valence-electron chi connectivity index (χ3n) is 4.02. The number of nitro groups is 1. The Morgan fingerprint density at radius 3 is 2.61 bits per heavy atom. The SMILES string of the molecule is Cc1nnc(SCCC(=O)Nc2ccccc2[N+](=O)[O-])n1Cc1ccccc1. The first kappa shape index (κ1) is 19.6. The lowest BCUT2D eigenvalue weighted by atomic mass is 10.2. The van der Waals surface area contributed by atoms with Crippen molar-refractivity contribution in [2.24, 2.45) is 0 Å². The van der Waals surface area contributed by atoms with Gasteiger partial charge in [-0.15, -0.1) is 10.2 Å². The number of aryl methyl sites for hydroxylation is 1. The molecule has 0 saturated heterocycles. The highest BCUT2D eigenvalue weighted by atomic mass is 32.2. The molecule has 1 N–H and O–H groups in total. The van der Waals surface area contributed by atoms with Gasteiger partial charge in [0.2, 0.25) is 5.91 Å². The Kier molecular flexibility index (Phi) is 6.38. The monoisotopic (exact) mass is 397 g/mol. The van der Waals surface area contributed by atoms with Crippen LogP contribution in [-0.2, 0) is 11.3 Å². The fourth-order valence-electron chi connectivity index (χ4n) is 2.60. The molecule has 9 heteroatoms. The summed E-state index contributed by atoms with van der Waals surface area (Å²) in [5.74, 6) is 1.00. The summed E-state index contributed by atoms with van der Waals surface area (Å²) in [5.41, 5.74) is 1.22. The molecule has 0 fully saturated rings. The van der Waals surface area contributed by atoms with Gasteiger partial charge >= 0.3 is 0 Å². The predicted molar refractivity (Wildman–Crippen MR) is 107 cm³/mol. The van der Waals surface area contributed by atoms with Gasteiger partial charge in [-0.2, -0.15) is 0 Å². The van der Waals surface area contributed by atoms with Gasteiger partial charge in [0, 0.05) is 18.2 Å². The number of amides is 1. The van der Waals surface area contributed by atoms with Crippen LogP contribution >= 0.6 is 11.8 Å². The number of hydrogen-bond donors (Lipinski definition) is 1. The molecule has 2 aromatic carbocycles. The van der Waals surface area contributed by atoms with Gasteiger partial charge in [0.15, 0.2) is 5.16 Å². The quantitative estimate of drug-likeness (QED) is 0.353. The molecular weight excluding hydrogens is 378 g/mol. The molecule has 0 spiro atoms. The van der Waals surface area contributed by atoms with E-state index in [1.54, 1.807) is 12.1 Å². The number of nitro benzene ring substituents is 1. The van der Waals surface area contributed by atoms with Crippen molar-refractivity contribution in [3.63, 3.8) is 0 Å². The van der Waals surface area contributed by atoms with Crippen LogP contribution in [-0.4, -0.2) is 31.3 Å². The average molecular weight is 397 g/mol. The smallest absolute Gasteiger partial charge is 0.292 e. The van der Waals surface area contributed by atoms with Crippen LogP contribution in [0.4, 0.5) is 11.4 Å². The van der Waals surface area contributed by atoms with Crippen molar-refractivity contribution in [3.05, 3.63) is 76.1 Å². The number of carbonyl (C=O) groups is 1. The van der Waals surface area contributed by atoms with Crippen LogP contribution in [0.25, 0.3) is 0 Å². The molecule has 0 aliphatic heterocycles. The molecule has 28 heavy (non-hydrogen) atoms. The molecule has 8 nitrogen and oxygen atoms in total. The molecular formula is C19H19N5O3S. The molecule has 1 heterocycles. The van der Waals surface area contributed by atoms with E-state index in [0.29, 0.717) is 12.3 Å². The molecule has 0 aliphatic carbocycles. The molecule has 0 atom stereocenters. The van der Waals surface area contributed by atoms with Gasteiger partial charge in [-0.3, -0.25) is 14.9 Å². The number of thioether (sulfide) groups is 1. The second-order valence-corrected chi connectivity index (χ2v) is 7.08. The first-order valence-electron chi connectivity index (χ1n) is 8.64. The zero-order valence-corrected chi connectivity index (χ0v) is 16.1. The van der Waals surface area contributed by atoms with Gasteiger partial charge in [0.05, 0.1) is 11.5 Å². The van der Waals surface area contributed by atoms with Crippen molar-refractivity contribution in [2.75, 3.05) is 11.1 Å². The van der Waals surface area contributed by atoms with Crippen molar-refractivity contribution in [3.8, 4) is 0 Å². The van der Waals surface area contributed by atoms with E-state index in [0.717, 1.165) is 16.5 Å². The van der Waals surface area contributed by atoms with E-state index in [2.05, 4.69) is 15.5 Å². The number of nitrogens with one attached hydrogen (secondary N) is 1. The number of rotatable bonds is 8. The predicted octanol–water partition coefficient (Wildman–Crippen LogP) is 3.66. The molecule has 144 valence electrons. The van der Waals surface area contributed by atoms with Gasteiger partial charge in [-0.1, -0.05) is 54.2 Å². The normalized spacial score (nSPS) is 10.6. The second kappa shape index (κ2) is 9.14. The minimum absolute atomic E-state index is 0.123. The van der Waals surface area contributed by atoms with E-state index in [9.17, 15) is 14.9 Å². The van der Waals surface area contributed by atoms with Gasteiger partial charge in [-0.25, -0.2) is 0 Å². The zero-order valence-electron chi connectivity index (χ0n) is 15.2. The lowest BCUT2D eigenvalue weighted by Gasteiger charge is -2.09. The maximum atomic E-state index is 12.2. The minimum atomic E-state index is -0.515. The van der Waals surface area contributed by atoms with Crippen molar-refractivity contribution < 1.29 is 9.72 Å². The van der Waals surface area contributed by atoms with Crippen molar-refractivity contribution in [1.82, 2.24) is 14.8 Å². The van der Waals surface area contributed by atoms with Crippen LogP contribution < -0.4 is 5.32 Å². The average Bonchev–Trinajstić information content (AvgIpc) is 3.03. The van der Waals surface area contributed by atoms with Crippen LogP contribution in [0.2, 0.25) is 0 Å². The van der Waals surface area contributed by atoms with E-state index in [-0.39, 0.29) is 23.7 Å². The van der Waals surface area contributed by atoms with Crippen LogP contribution in [0, 0.1) is 17.0 Å². The highest BCUT2D eigenvalue weighted by Gasteiger charge is 2.15. The summed E-state index contributed by atoms with van der Waals surface area (Å²) in [4.78, 5) is 22.7. The molecule has 3 rings (SSSR count). The first-order chi connectivity index (χ1) is 13.5. The highest BCUT2D eigenvalue weighted by molar-refractivity contribution is 7.99. The molecule has 0 bridgehead atoms. The van der Waals surface area contributed by atoms with Crippen LogP contribution in [0.15, 0.2) is 59.8 Å². The molecule has 1 aromatic heterocycles. The fraction of sp³-hybridized carbons (Fsp3) is 0.211. The summed E-state index contributed by atoms with van der Waals surface area (Å²) in [6.45, 7) is 2.55. The van der Waals surface area contributed by atoms with Crippen LogP contribution in [0.1, 0.15) is 17.8 Å². The lowest BCUT2D eigenvalue weighted by Crippen LogP contribution is -2.13. The Morgan fingerprint density at radius 1 is 1.14 bits per heavy atom. The van der Waals surface area contributed by atoms with Crippen molar-refractivity contribution >= 4 is 29.0 Å². The van der Waals surface area contributed by atoms with Gasteiger partial charge in [0.25, 0.3) is 5.69 Å². The Morgan fingerprint density at radius 2 is 1.86 bits per heavy atom. The number of hydrogen-bond acceptors (Lipinski definition) is 6. The number of nitrogens with zero attached hydrogens (tertiary/aromatic N) is 4. The van der Waals surface area contributed by atoms with Crippen LogP contribution in [0.5, 0.6) is 0 Å². The third-order valence-corrected chi connectivity index (χ3v) is 4.99. The number of anilines is 1. The van der Waals surface area contributed by atoms with Gasteiger partial charge in [0.1, 0.15) is 11.5 Å². The minimum Gasteiger partial charge on any atom is -0.320 e. The van der Waals surface area contributed by atoms with E-state index in [1.165, 1.54) is 23.9 Å². The largest absolute Gasteiger partial charge is 0.320 e. The zero-order chi connectivity index (χ0) is 19.9. The summed E-state index contributed by atoms with van der Waals surface area (Å²) in [7, 11) is 0. The number of benzene rings is 2. The van der Waals surface area contributed by atoms with E-state index < -0.39 is 4.92 Å². The second-order valence-electron chi connectivity index (χ2n) is 6.02. The van der Waals surface area contributed by atoms with E-state index in [1.807, 2.05) is 41.8 Å². The highest BCUT2D eigenvalue weighted by Crippen LogP contribution is 2.24. The van der Waals surface area contributed by atoms with Crippen LogP contribution in [0.3, 0.4) is 0 Å². The lowest BCUT2D eigenvalue weighted by molar-refractivity contribution is -0.383. The Labute approximate surface area is 166 Å². The maximum absolute atomic E-state index is 12.2. The molecule has 0 aliphatic rings. The topological polar surface area (TPSA) is 103 Å². The van der Waals surface area contributed by atoms with Gasteiger partial charge in [-0.05, 0) is 18.6 Å². The van der Waals surface area contributed by atoms with Crippen molar-refractivity contribution in [2.45, 2.75) is 25.0 Å². The summed E-state index contributed by atoms with van der Waals surface area (Å²) in [6.07, 6.45) is 0.202. The summed E-state index contributed by atoms with van der Waals surface area (Å²) in [6, 6.07) is 16.1. The fourth-order valence-corrected chi connectivity index (χ4v) is 3.52. The number of aromatic nitrogens is 3.